The summed E-state index contributed by atoms with van der Waals surface area (Å²) in [6.45, 7) is 2.86. The van der Waals surface area contributed by atoms with E-state index in [4.69, 9.17) is 5.26 Å². The van der Waals surface area contributed by atoms with E-state index in [0.717, 1.165) is 24.2 Å². The Bertz CT molecular complexity index is 752. The predicted molar refractivity (Wildman–Crippen MR) is 96.8 cm³/mol. The van der Waals surface area contributed by atoms with Crippen molar-refractivity contribution in [3.63, 3.8) is 0 Å². The second kappa shape index (κ2) is 7.82. The van der Waals surface area contributed by atoms with Gasteiger partial charge in [0.15, 0.2) is 0 Å². The number of piperazine rings is 1. The van der Waals surface area contributed by atoms with Gasteiger partial charge >= 0.3 is 6.03 Å². The van der Waals surface area contributed by atoms with Crippen LogP contribution >= 0.6 is 0 Å². The number of amides is 2. The zero-order valence-corrected chi connectivity index (χ0v) is 14.4. The molecule has 25 heavy (non-hydrogen) atoms. The maximum Gasteiger partial charge on any atom is 0.318 e. The van der Waals surface area contributed by atoms with Crippen molar-refractivity contribution >= 4 is 6.03 Å². The maximum atomic E-state index is 12.7. The summed E-state index contributed by atoms with van der Waals surface area (Å²) < 4.78 is 0. The highest BCUT2D eigenvalue weighted by atomic mass is 16.2. The van der Waals surface area contributed by atoms with E-state index >= 15 is 0 Å². The molecule has 2 aromatic carbocycles. The summed E-state index contributed by atoms with van der Waals surface area (Å²) in [6.07, 6.45) is 0. The number of carbonyl (C=O) groups excluding carboxylic acids is 1. The molecule has 1 atom stereocenters. The van der Waals surface area contributed by atoms with Gasteiger partial charge in [-0.2, -0.15) is 5.26 Å². The van der Waals surface area contributed by atoms with Gasteiger partial charge in [0, 0.05) is 26.2 Å². The Hall–Kier alpha value is -2.84. The molecule has 3 rings (SSSR count). The van der Waals surface area contributed by atoms with Crippen molar-refractivity contribution in [3.8, 4) is 6.07 Å². The second-order valence-corrected chi connectivity index (χ2v) is 6.35. The molecule has 2 amide bonds. The Kier molecular flexibility index (Phi) is 5.32. The van der Waals surface area contributed by atoms with Crippen LogP contribution in [-0.2, 0) is 6.54 Å². The average molecular weight is 334 g/mol. The minimum atomic E-state index is -0.0497. The fraction of sp³-hybridized carbons (Fsp3) is 0.300. The highest BCUT2D eigenvalue weighted by molar-refractivity contribution is 5.75. The molecule has 0 aliphatic carbocycles. The largest absolute Gasteiger partial charge is 0.334 e. The molecule has 0 radical (unpaired) electrons. The summed E-state index contributed by atoms with van der Waals surface area (Å²) in [5.41, 5.74) is 2.76. The van der Waals surface area contributed by atoms with Gasteiger partial charge in [0.25, 0.3) is 0 Å². The number of urea groups is 1. The lowest BCUT2D eigenvalue weighted by Gasteiger charge is -2.40. The minimum Gasteiger partial charge on any atom is -0.334 e. The molecular weight excluding hydrogens is 312 g/mol. The zero-order chi connectivity index (χ0) is 17.6. The fourth-order valence-corrected chi connectivity index (χ4v) is 3.10. The van der Waals surface area contributed by atoms with Crippen molar-refractivity contribution in [2.75, 3.05) is 26.7 Å². The number of nitrogens with one attached hydrogen (secondary N) is 1. The lowest BCUT2D eigenvalue weighted by molar-refractivity contribution is 0.108. The van der Waals surface area contributed by atoms with Gasteiger partial charge < -0.3 is 15.1 Å². The van der Waals surface area contributed by atoms with Crippen LogP contribution in [0.15, 0.2) is 54.6 Å². The molecule has 1 heterocycles. The lowest BCUT2D eigenvalue weighted by Crippen LogP contribution is -2.52. The average Bonchev–Trinajstić information content (AvgIpc) is 2.67. The van der Waals surface area contributed by atoms with Crippen LogP contribution in [0.25, 0.3) is 0 Å². The Morgan fingerprint density at radius 3 is 2.56 bits per heavy atom. The highest BCUT2D eigenvalue weighted by Crippen LogP contribution is 2.24. The molecular formula is C20H22N4O. The lowest BCUT2D eigenvalue weighted by atomic mass is 10.0. The second-order valence-electron chi connectivity index (χ2n) is 6.35. The number of hydrogen-bond donors (Lipinski definition) is 1. The number of hydrogen-bond acceptors (Lipinski definition) is 3. The van der Waals surface area contributed by atoms with Crippen LogP contribution in [0.4, 0.5) is 4.79 Å². The third-order valence-electron chi connectivity index (χ3n) is 4.56. The topological polar surface area (TPSA) is 59.4 Å². The number of nitrogens with zero attached hydrogens (tertiary/aromatic N) is 3. The van der Waals surface area contributed by atoms with Gasteiger partial charge in [0.1, 0.15) is 0 Å². The normalized spacial score (nSPS) is 17.8. The van der Waals surface area contributed by atoms with Gasteiger partial charge in [-0.25, -0.2) is 4.79 Å². The molecule has 0 saturated carbocycles. The van der Waals surface area contributed by atoms with E-state index in [1.807, 2.05) is 35.2 Å². The molecule has 0 aromatic heterocycles. The van der Waals surface area contributed by atoms with Gasteiger partial charge in [-0.15, -0.1) is 0 Å². The van der Waals surface area contributed by atoms with E-state index in [9.17, 15) is 4.79 Å². The molecule has 1 aliphatic heterocycles. The van der Waals surface area contributed by atoms with Gasteiger partial charge in [0.05, 0.1) is 17.7 Å². The van der Waals surface area contributed by atoms with E-state index in [0.29, 0.717) is 18.7 Å². The first-order valence-corrected chi connectivity index (χ1v) is 8.44. The monoisotopic (exact) mass is 334 g/mol. The molecule has 0 spiro atoms. The molecule has 1 fully saturated rings. The summed E-state index contributed by atoms with van der Waals surface area (Å²) in [6, 6.07) is 19.5. The number of likely N-dealkylation sites (N-methyl/N-ethyl adjacent to an activating group) is 1. The summed E-state index contributed by atoms with van der Waals surface area (Å²) in [5.74, 6) is 0. The Morgan fingerprint density at radius 2 is 1.88 bits per heavy atom. The summed E-state index contributed by atoms with van der Waals surface area (Å²) in [7, 11) is 2.09. The van der Waals surface area contributed by atoms with Crippen LogP contribution in [0.3, 0.4) is 0 Å². The summed E-state index contributed by atoms with van der Waals surface area (Å²) in [5, 5.41) is 11.9. The number of benzene rings is 2. The Labute approximate surface area is 148 Å². The van der Waals surface area contributed by atoms with Crippen molar-refractivity contribution < 1.29 is 4.79 Å². The predicted octanol–water partition coefficient (Wildman–Crippen LogP) is 2.76. The smallest absolute Gasteiger partial charge is 0.318 e. The summed E-state index contributed by atoms with van der Waals surface area (Å²) >= 11 is 0. The number of rotatable bonds is 3. The first kappa shape index (κ1) is 17.0. The van der Waals surface area contributed by atoms with E-state index in [2.05, 4.69) is 35.5 Å². The van der Waals surface area contributed by atoms with Crippen LogP contribution in [0.1, 0.15) is 22.7 Å². The van der Waals surface area contributed by atoms with Crippen LogP contribution < -0.4 is 5.32 Å². The first-order valence-electron chi connectivity index (χ1n) is 8.44. The van der Waals surface area contributed by atoms with Crippen molar-refractivity contribution in [1.29, 1.82) is 5.26 Å². The fourth-order valence-electron chi connectivity index (χ4n) is 3.10. The van der Waals surface area contributed by atoms with Crippen molar-refractivity contribution in [2.24, 2.45) is 0 Å². The SMILES string of the molecule is CN1CCN(C(=O)NCc2ccc(C#N)cc2)C(c2ccccc2)C1. The van der Waals surface area contributed by atoms with E-state index < -0.39 is 0 Å². The molecule has 0 bridgehead atoms. The number of nitriles is 1. The highest BCUT2D eigenvalue weighted by Gasteiger charge is 2.29. The molecule has 128 valence electrons. The standard InChI is InChI=1S/C20H22N4O/c1-23-11-12-24(19(15-23)18-5-3-2-4-6-18)20(25)22-14-17-9-7-16(13-21)8-10-17/h2-10,19H,11-12,14-15H2,1H3,(H,22,25). The molecule has 1 unspecified atom stereocenters. The van der Waals surface area contributed by atoms with Crippen LogP contribution in [0.5, 0.6) is 0 Å². The molecule has 5 heteroatoms. The third kappa shape index (κ3) is 4.17. The van der Waals surface area contributed by atoms with Crippen LogP contribution in [0, 0.1) is 11.3 Å². The van der Waals surface area contributed by atoms with Crippen LogP contribution in [0.2, 0.25) is 0 Å². The van der Waals surface area contributed by atoms with Gasteiger partial charge in [0.2, 0.25) is 0 Å². The van der Waals surface area contributed by atoms with Gasteiger partial charge in [-0.1, -0.05) is 42.5 Å². The van der Waals surface area contributed by atoms with E-state index in [-0.39, 0.29) is 12.1 Å². The van der Waals surface area contributed by atoms with E-state index in [1.165, 1.54) is 0 Å². The quantitative estimate of drug-likeness (QED) is 0.939. The Morgan fingerprint density at radius 1 is 1.16 bits per heavy atom. The van der Waals surface area contributed by atoms with Crippen molar-refractivity contribution in [1.82, 2.24) is 15.1 Å². The van der Waals surface area contributed by atoms with Crippen LogP contribution in [-0.4, -0.2) is 42.5 Å². The first-order chi connectivity index (χ1) is 12.2. The minimum absolute atomic E-state index is 0.0497. The maximum absolute atomic E-state index is 12.7. The van der Waals surface area contributed by atoms with Crippen molar-refractivity contribution in [2.45, 2.75) is 12.6 Å². The zero-order valence-electron chi connectivity index (χ0n) is 14.4. The third-order valence-corrected chi connectivity index (χ3v) is 4.56. The van der Waals surface area contributed by atoms with Gasteiger partial charge in [-0.05, 0) is 30.3 Å². The molecule has 1 aliphatic rings. The molecule has 2 aromatic rings. The number of carbonyl (C=O) groups is 1. The molecule has 1 saturated heterocycles. The van der Waals surface area contributed by atoms with E-state index in [1.54, 1.807) is 12.1 Å². The van der Waals surface area contributed by atoms with Gasteiger partial charge in [-0.3, -0.25) is 0 Å². The Balaban J connectivity index is 1.67. The molecule has 5 nitrogen and oxygen atoms in total. The summed E-state index contributed by atoms with van der Waals surface area (Å²) in [4.78, 5) is 16.9. The van der Waals surface area contributed by atoms with Crippen molar-refractivity contribution in [3.05, 3.63) is 71.3 Å². The molecule has 1 N–H and O–H groups in total.